The van der Waals surface area contributed by atoms with Gasteiger partial charge in [0.25, 0.3) is 0 Å². The van der Waals surface area contributed by atoms with E-state index in [0.29, 0.717) is 5.89 Å². The first-order chi connectivity index (χ1) is 10.8. The first kappa shape index (κ1) is 15.2. The highest BCUT2D eigenvalue weighted by Crippen LogP contribution is 2.37. The molecule has 3 rings (SSSR count). The quantitative estimate of drug-likeness (QED) is 0.858. The molecule has 0 spiro atoms. The first-order valence-electron chi connectivity index (χ1n) is 8.02. The summed E-state index contributed by atoms with van der Waals surface area (Å²) < 4.78 is 5.30. The Labute approximate surface area is 130 Å². The van der Waals surface area contributed by atoms with E-state index in [-0.39, 0.29) is 12.1 Å². The number of aliphatic hydroxyl groups is 1. The van der Waals surface area contributed by atoms with E-state index in [0.717, 1.165) is 37.2 Å². The van der Waals surface area contributed by atoms with Crippen LogP contribution in [0.15, 0.2) is 28.8 Å². The molecule has 2 N–H and O–H groups in total. The van der Waals surface area contributed by atoms with Crippen molar-refractivity contribution in [3.05, 3.63) is 47.1 Å². The molecule has 1 saturated carbocycles. The maximum absolute atomic E-state index is 9.10. The fraction of sp³-hybridized carbons (Fsp3) is 0.529. The molecule has 0 radical (unpaired) electrons. The van der Waals surface area contributed by atoms with Gasteiger partial charge in [0.2, 0.25) is 5.89 Å². The van der Waals surface area contributed by atoms with Crippen LogP contribution in [0, 0.1) is 0 Å². The molecule has 1 fully saturated rings. The Bertz CT molecular complexity index is 601. The average molecular weight is 301 g/mol. The van der Waals surface area contributed by atoms with Gasteiger partial charge < -0.3 is 14.9 Å². The van der Waals surface area contributed by atoms with Gasteiger partial charge in [-0.2, -0.15) is 4.98 Å². The van der Waals surface area contributed by atoms with Gasteiger partial charge in [0.05, 0.1) is 12.1 Å². The minimum Gasteiger partial charge on any atom is -0.392 e. The molecule has 22 heavy (non-hydrogen) atoms. The average Bonchev–Trinajstić information content (AvgIpc) is 3.23. The van der Waals surface area contributed by atoms with Crippen LogP contribution >= 0.6 is 0 Å². The molecule has 2 aromatic rings. The molecule has 5 nitrogen and oxygen atoms in total. The summed E-state index contributed by atoms with van der Waals surface area (Å²) in [6.07, 6.45) is 5.24. The van der Waals surface area contributed by atoms with Crippen LogP contribution in [-0.4, -0.2) is 15.2 Å². The van der Waals surface area contributed by atoms with Gasteiger partial charge in [-0.3, -0.25) is 0 Å². The molecule has 1 aromatic carbocycles. The smallest absolute Gasteiger partial charge is 0.226 e. The zero-order valence-corrected chi connectivity index (χ0v) is 13.0. The van der Waals surface area contributed by atoms with Crippen molar-refractivity contribution >= 4 is 0 Å². The van der Waals surface area contributed by atoms with E-state index >= 15 is 0 Å². The summed E-state index contributed by atoms with van der Waals surface area (Å²) >= 11 is 0. The highest BCUT2D eigenvalue weighted by molar-refractivity contribution is 5.22. The van der Waals surface area contributed by atoms with Gasteiger partial charge in [0.1, 0.15) is 0 Å². The second kappa shape index (κ2) is 6.58. The summed E-state index contributed by atoms with van der Waals surface area (Å²) in [6, 6.07) is 8.02. The molecule has 1 heterocycles. The van der Waals surface area contributed by atoms with Crippen LogP contribution < -0.4 is 5.32 Å². The van der Waals surface area contributed by atoms with Gasteiger partial charge in [0.15, 0.2) is 5.82 Å². The lowest BCUT2D eigenvalue weighted by molar-refractivity contribution is 0.281. The second-order valence-corrected chi connectivity index (χ2v) is 5.98. The molecule has 0 saturated heterocycles. The Morgan fingerprint density at radius 3 is 2.45 bits per heavy atom. The van der Waals surface area contributed by atoms with Gasteiger partial charge in [-0.25, -0.2) is 0 Å². The topological polar surface area (TPSA) is 71.2 Å². The van der Waals surface area contributed by atoms with Crippen molar-refractivity contribution in [2.45, 2.75) is 57.7 Å². The van der Waals surface area contributed by atoms with Crippen molar-refractivity contribution in [3.8, 4) is 0 Å². The summed E-state index contributed by atoms with van der Waals surface area (Å²) in [6.45, 7) is 2.87. The molecule has 0 bridgehead atoms. The van der Waals surface area contributed by atoms with Crippen LogP contribution in [0.5, 0.6) is 0 Å². The van der Waals surface area contributed by atoms with E-state index in [1.54, 1.807) is 0 Å². The number of hydrogen-bond donors (Lipinski definition) is 2. The predicted molar refractivity (Wildman–Crippen MR) is 83.0 cm³/mol. The normalized spacial score (nSPS) is 17.0. The fourth-order valence-electron chi connectivity index (χ4n) is 3.08. The van der Waals surface area contributed by atoms with Gasteiger partial charge in [0, 0.05) is 13.0 Å². The molecule has 0 aliphatic heterocycles. The predicted octanol–water partition coefficient (Wildman–Crippen LogP) is 2.68. The number of nitrogens with zero attached hydrogens (tertiary/aromatic N) is 2. The van der Waals surface area contributed by atoms with Crippen LogP contribution in [0.25, 0.3) is 0 Å². The third-order valence-electron chi connectivity index (χ3n) is 4.49. The van der Waals surface area contributed by atoms with Crippen LogP contribution in [-0.2, 0) is 25.1 Å². The molecular weight excluding hydrogens is 278 g/mol. The fourth-order valence-corrected chi connectivity index (χ4v) is 3.08. The van der Waals surface area contributed by atoms with E-state index in [1.165, 1.54) is 18.4 Å². The number of benzene rings is 1. The summed E-state index contributed by atoms with van der Waals surface area (Å²) in [7, 11) is 0. The van der Waals surface area contributed by atoms with E-state index in [4.69, 9.17) is 9.63 Å². The van der Waals surface area contributed by atoms with Crippen molar-refractivity contribution in [1.82, 2.24) is 15.5 Å². The van der Waals surface area contributed by atoms with E-state index in [9.17, 15) is 0 Å². The van der Waals surface area contributed by atoms with Crippen molar-refractivity contribution in [1.29, 1.82) is 0 Å². The van der Waals surface area contributed by atoms with Crippen LogP contribution in [0.1, 0.15) is 55.4 Å². The summed E-state index contributed by atoms with van der Waals surface area (Å²) in [5, 5.41) is 17.0. The van der Waals surface area contributed by atoms with Crippen molar-refractivity contribution in [2.24, 2.45) is 0 Å². The van der Waals surface area contributed by atoms with Crippen LogP contribution in [0.2, 0.25) is 0 Å². The zero-order chi connectivity index (χ0) is 15.4. The van der Waals surface area contributed by atoms with Gasteiger partial charge in [-0.1, -0.05) is 49.2 Å². The second-order valence-electron chi connectivity index (χ2n) is 5.98. The molecule has 1 aliphatic rings. The molecular formula is C17H23N3O2. The van der Waals surface area contributed by atoms with Gasteiger partial charge in [-0.05, 0) is 24.0 Å². The minimum atomic E-state index is -0.160. The van der Waals surface area contributed by atoms with Gasteiger partial charge in [-0.15, -0.1) is 0 Å². The highest BCUT2D eigenvalue weighted by atomic mass is 16.5. The summed E-state index contributed by atoms with van der Waals surface area (Å²) in [5.74, 6) is 1.50. The SMILES string of the molecule is CCc1nc(C2(NCc3ccc(CO)cc3)CCCC2)no1. The maximum atomic E-state index is 9.10. The molecule has 1 aromatic heterocycles. The van der Waals surface area contributed by atoms with E-state index in [1.807, 2.05) is 19.1 Å². The Kier molecular flexibility index (Phi) is 4.55. The Morgan fingerprint density at radius 2 is 1.86 bits per heavy atom. The molecule has 0 unspecified atom stereocenters. The molecule has 0 atom stereocenters. The monoisotopic (exact) mass is 301 g/mol. The largest absolute Gasteiger partial charge is 0.392 e. The van der Waals surface area contributed by atoms with Crippen molar-refractivity contribution < 1.29 is 9.63 Å². The molecule has 118 valence electrons. The molecule has 0 amide bonds. The van der Waals surface area contributed by atoms with Crippen molar-refractivity contribution in [3.63, 3.8) is 0 Å². The molecule has 5 heteroatoms. The third-order valence-corrected chi connectivity index (χ3v) is 4.49. The third kappa shape index (κ3) is 3.05. The number of rotatable bonds is 6. The van der Waals surface area contributed by atoms with Crippen LogP contribution in [0.3, 0.4) is 0 Å². The van der Waals surface area contributed by atoms with Crippen LogP contribution in [0.4, 0.5) is 0 Å². The van der Waals surface area contributed by atoms with Gasteiger partial charge >= 0.3 is 0 Å². The number of hydrogen-bond acceptors (Lipinski definition) is 5. The van der Waals surface area contributed by atoms with Crippen molar-refractivity contribution in [2.75, 3.05) is 0 Å². The lowest BCUT2D eigenvalue weighted by atomic mass is 9.96. The lowest BCUT2D eigenvalue weighted by Crippen LogP contribution is -2.40. The number of aryl methyl sites for hydroxylation is 1. The maximum Gasteiger partial charge on any atom is 0.226 e. The molecule has 1 aliphatic carbocycles. The summed E-state index contributed by atoms with van der Waals surface area (Å²) in [4.78, 5) is 4.55. The highest BCUT2D eigenvalue weighted by Gasteiger charge is 2.39. The Balaban J connectivity index is 1.73. The number of nitrogens with one attached hydrogen (secondary N) is 1. The zero-order valence-electron chi connectivity index (χ0n) is 13.0. The Hall–Kier alpha value is -1.72. The minimum absolute atomic E-state index is 0.0836. The first-order valence-corrected chi connectivity index (χ1v) is 8.02. The lowest BCUT2D eigenvalue weighted by Gasteiger charge is -2.27. The summed E-state index contributed by atoms with van der Waals surface area (Å²) in [5.41, 5.74) is 1.97. The van der Waals surface area contributed by atoms with E-state index < -0.39 is 0 Å². The van der Waals surface area contributed by atoms with E-state index in [2.05, 4.69) is 27.6 Å². The standard InChI is InChI=1S/C17H23N3O2/c1-2-15-19-16(20-22-15)17(9-3-4-10-17)18-11-13-5-7-14(12-21)8-6-13/h5-8,18,21H,2-4,9-12H2,1H3. The Morgan fingerprint density at radius 1 is 1.18 bits per heavy atom. The number of aliphatic hydroxyl groups excluding tert-OH is 1. The number of aromatic nitrogens is 2.